The molecule has 0 saturated heterocycles. The average molecular weight is 236 g/mol. The van der Waals surface area contributed by atoms with Crippen molar-refractivity contribution in [3.63, 3.8) is 0 Å². The molecular weight excluding hydrogens is 222 g/mol. The Labute approximate surface area is 93.2 Å². The first kappa shape index (κ1) is 16.1. The molecule has 0 amide bonds. The highest BCUT2D eigenvalue weighted by atomic mass is 35.5. The number of halogens is 1. The number of aliphatic carboxylic acids is 1. The standard InChI is InChI=1S/C9H11NO3.ClH.H2O/c10-8(9(12)13)5-6-1-3-7(11)4-2-6;;/h1-4,8,11H,5,10H2,(H,12,13);1H;1H2/t8-;;/m0../s1. The predicted molar refractivity (Wildman–Crippen MR) is 58.3 cm³/mol. The summed E-state index contributed by atoms with van der Waals surface area (Å²) in [5.74, 6) is -0.860. The Morgan fingerprint density at radius 3 is 2.20 bits per heavy atom. The molecule has 6 N–H and O–H groups in total. The summed E-state index contributed by atoms with van der Waals surface area (Å²) in [4.78, 5) is 10.4. The van der Waals surface area contributed by atoms with Gasteiger partial charge >= 0.3 is 5.97 Å². The number of phenols is 1. The fourth-order valence-electron chi connectivity index (χ4n) is 0.973. The molecule has 0 unspecified atom stereocenters. The summed E-state index contributed by atoms with van der Waals surface area (Å²) in [5.41, 5.74) is 6.12. The quantitative estimate of drug-likeness (QED) is 0.681. The van der Waals surface area contributed by atoms with Gasteiger partial charge in [0.1, 0.15) is 11.8 Å². The highest BCUT2D eigenvalue weighted by molar-refractivity contribution is 5.85. The second kappa shape index (κ2) is 7.05. The minimum Gasteiger partial charge on any atom is -0.508 e. The van der Waals surface area contributed by atoms with Crippen molar-refractivity contribution in [3.8, 4) is 5.75 Å². The summed E-state index contributed by atoms with van der Waals surface area (Å²) in [5, 5.41) is 17.5. The van der Waals surface area contributed by atoms with Gasteiger partial charge in [0.2, 0.25) is 0 Å². The third kappa shape index (κ3) is 5.21. The van der Waals surface area contributed by atoms with Crippen LogP contribution in [0.25, 0.3) is 0 Å². The van der Waals surface area contributed by atoms with Crippen molar-refractivity contribution in [2.24, 2.45) is 5.73 Å². The molecule has 0 saturated carbocycles. The SMILES string of the molecule is Cl.N[C@@H](Cc1ccc(O)cc1)C(=O)O.O. The molecule has 1 rings (SSSR count). The average Bonchev–Trinajstić information content (AvgIpc) is 2.08. The van der Waals surface area contributed by atoms with Crippen LogP contribution in [0.4, 0.5) is 0 Å². The summed E-state index contributed by atoms with van der Waals surface area (Å²) in [6.07, 6.45) is 0.273. The van der Waals surface area contributed by atoms with E-state index in [0.717, 1.165) is 5.56 Å². The number of carboxylic acids is 1. The van der Waals surface area contributed by atoms with Gasteiger partial charge in [-0.1, -0.05) is 12.1 Å². The fourth-order valence-corrected chi connectivity index (χ4v) is 0.973. The van der Waals surface area contributed by atoms with Crippen LogP contribution in [0.2, 0.25) is 0 Å². The molecule has 0 radical (unpaired) electrons. The molecule has 0 spiro atoms. The van der Waals surface area contributed by atoms with E-state index in [-0.39, 0.29) is 30.1 Å². The molecule has 1 aromatic carbocycles. The maximum Gasteiger partial charge on any atom is 0.320 e. The first-order chi connectivity index (χ1) is 6.09. The van der Waals surface area contributed by atoms with Crippen molar-refractivity contribution in [1.82, 2.24) is 0 Å². The Bertz CT molecular complexity index is 301. The summed E-state index contributed by atoms with van der Waals surface area (Å²) in [6, 6.07) is 5.42. The zero-order valence-corrected chi connectivity index (χ0v) is 8.70. The maximum absolute atomic E-state index is 10.4. The molecule has 0 aliphatic heterocycles. The van der Waals surface area contributed by atoms with Crippen LogP contribution >= 0.6 is 12.4 Å². The molecule has 5 nitrogen and oxygen atoms in total. The molecule has 15 heavy (non-hydrogen) atoms. The van der Waals surface area contributed by atoms with Gasteiger partial charge in [0.05, 0.1) is 0 Å². The van der Waals surface area contributed by atoms with Crippen LogP contribution in [0.5, 0.6) is 5.75 Å². The molecule has 0 aliphatic carbocycles. The van der Waals surface area contributed by atoms with Crippen molar-refractivity contribution >= 4 is 18.4 Å². The Balaban J connectivity index is 0. The van der Waals surface area contributed by atoms with Gasteiger partial charge in [-0.25, -0.2) is 0 Å². The monoisotopic (exact) mass is 235 g/mol. The molecule has 1 aromatic rings. The summed E-state index contributed by atoms with van der Waals surface area (Å²) < 4.78 is 0. The molecule has 0 heterocycles. The first-order valence-electron chi connectivity index (χ1n) is 3.86. The first-order valence-corrected chi connectivity index (χ1v) is 3.86. The maximum atomic E-state index is 10.4. The van der Waals surface area contributed by atoms with Gasteiger partial charge in [-0.15, -0.1) is 12.4 Å². The molecule has 0 aromatic heterocycles. The lowest BCUT2D eigenvalue weighted by Crippen LogP contribution is -2.32. The van der Waals surface area contributed by atoms with Gasteiger partial charge in [0.25, 0.3) is 0 Å². The van der Waals surface area contributed by atoms with E-state index in [4.69, 9.17) is 15.9 Å². The smallest absolute Gasteiger partial charge is 0.320 e. The minimum absolute atomic E-state index is 0. The van der Waals surface area contributed by atoms with Crippen molar-refractivity contribution in [3.05, 3.63) is 29.8 Å². The number of carboxylic acid groups (broad SMARTS) is 1. The number of hydrogen-bond donors (Lipinski definition) is 3. The van der Waals surface area contributed by atoms with Crippen molar-refractivity contribution in [2.75, 3.05) is 0 Å². The highest BCUT2D eigenvalue weighted by Crippen LogP contribution is 2.10. The number of nitrogens with two attached hydrogens (primary N) is 1. The normalized spacial score (nSPS) is 10.7. The van der Waals surface area contributed by atoms with Gasteiger partial charge in [-0.05, 0) is 24.1 Å². The number of rotatable bonds is 3. The third-order valence-electron chi connectivity index (χ3n) is 1.71. The third-order valence-corrected chi connectivity index (χ3v) is 1.71. The molecule has 0 aliphatic rings. The molecule has 86 valence electrons. The predicted octanol–water partition coefficient (Wildman–Crippen LogP) is -0.0563. The summed E-state index contributed by atoms with van der Waals surface area (Å²) >= 11 is 0. The lowest BCUT2D eigenvalue weighted by molar-refractivity contribution is -0.138. The van der Waals surface area contributed by atoms with Gasteiger partial charge in [-0.2, -0.15) is 0 Å². The van der Waals surface area contributed by atoms with Gasteiger partial charge in [0, 0.05) is 0 Å². The van der Waals surface area contributed by atoms with E-state index in [9.17, 15) is 4.79 Å². The van der Waals surface area contributed by atoms with E-state index in [1.54, 1.807) is 12.1 Å². The van der Waals surface area contributed by atoms with Gasteiger partial charge < -0.3 is 21.4 Å². The number of benzene rings is 1. The zero-order valence-electron chi connectivity index (χ0n) is 7.88. The van der Waals surface area contributed by atoms with Crippen molar-refractivity contribution in [1.29, 1.82) is 0 Å². The number of aromatic hydroxyl groups is 1. The number of phenolic OH excluding ortho intramolecular Hbond substituents is 1. The molecular formula is C9H14ClNO4. The zero-order chi connectivity index (χ0) is 9.84. The Hall–Kier alpha value is -1.30. The van der Waals surface area contributed by atoms with Crippen molar-refractivity contribution < 1.29 is 20.5 Å². The summed E-state index contributed by atoms with van der Waals surface area (Å²) in [7, 11) is 0. The molecule has 0 bridgehead atoms. The number of carbonyl (C=O) groups is 1. The van der Waals surface area contributed by atoms with Crippen LogP contribution < -0.4 is 5.73 Å². The molecule has 0 fully saturated rings. The van der Waals surface area contributed by atoms with Crippen LogP contribution in [0.15, 0.2) is 24.3 Å². The van der Waals surface area contributed by atoms with E-state index in [0.29, 0.717) is 0 Å². The van der Waals surface area contributed by atoms with Crippen LogP contribution in [-0.4, -0.2) is 27.7 Å². The van der Waals surface area contributed by atoms with E-state index < -0.39 is 12.0 Å². The van der Waals surface area contributed by atoms with Crippen LogP contribution in [0, 0.1) is 0 Å². The Morgan fingerprint density at radius 2 is 1.80 bits per heavy atom. The van der Waals surface area contributed by atoms with E-state index in [2.05, 4.69) is 0 Å². The molecule has 1 atom stereocenters. The highest BCUT2D eigenvalue weighted by Gasteiger charge is 2.11. The lowest BCUT2D eigenvalue weighted by Gasteiger charge is -2.05. The van der Waals surface area contributed by atoms with Crippen LogP contribution in [0.1, 0.15) is 5.56 Å². The van der Waals surface area contributed by atoms with Gasteiger partial charge in [0.15, 0.2) is 0 Å². The Kier molecular flexibility index (Phi) is 7.59. The van der Waals surface area contributed by atoms with Gasteiger partial charge in [-0.3, -0.25) is 4.79 Å². The van der Waals surface area contributed by atoms with Crippen LogP contribution in [0.3, 0.4) is 0 Å². The summed E-state index contributed by atoms with van der Waals surface area (Å²) in [6.45, 7) is 0. The van der Waals surface area contributed by atoms with E-state index >= 15 is 0 Å². The minimum atomic E-state index is -1.02. The lowest BCUT2D eigenvalue weighted by atomic mass is 10.1. The second-order valence-corrected chi connectivity index (χ2v) is 2.82. The largest absolute Gasteiger partial charge is 0.508 e. The van der Waals surface area contributed by atoms with Crippen molar-refractivity contribution in [2.45, 2.75) is 12.5 Å². The van der Waals surface area contributed by atoms with Crippen LogP contribution in [-0.2, 0) is 11.2 Å². The van der Waals surface area contributed by atoms with E-state index in [1.165, 1.54) is 12.1 Å². The molecule has 6 heteroatoms. The number of hydrogen-bond acceptors (Lipinski definition) is 3. The Morgan fingerprint density at radius 1 is 1.33 bits per heavy atom. The second-order valence-electron chi connectivity index (χ2n) is 2.82. The topological polar surface area (TPSA) is 115 Å². The fraction of sp³-hybridized carbons (Fsp3) is 0.222. The van der Waals surface area contributed by atoms with E-state index in [1.807, 2.05) is 0 Å².